The summed E-state index contributed by atoms with van der Waals surface area (Å²) in [6.07, 6.45) is 0. The number of benzene rings is 26. The molecular formula is C134H82O3. The molecule has 0 N–H and O–H groups in total. The molecule has 3 aromatic heterocycles. The van der Waals surface area contributed by atoms with Crippen LogP contribution in [0.3, 0.4) is 0 Å². The topological polar surface area (TPSA) is 39.4 Å². The first kappa shape index (κ1) is 78.8. The molecule has 0 aliphatic heterocycles. The van der Waals surface area contributed by atoms with Crippen molar-refractivity contribution in [1.82, 2.24) is 0 Å². The highest BCUT2D eigenvalue weighted by molar-refractivity contribution is 6.32. The fraction of sp³-hybridized carbons (Fsp3) is 0. The van der Waals surface area contributed by atoms with Crippen molar-refractivity contribution in [1.29, 1.82) is 0 Å². The van der Waals surface area contributed by atoms with Gasteiger partial charge in [-0.25, -0.2) is 0 Å². The van der Waals surface area contributed by atoms with E-state index in [2.05, 4.69) is 497 Å². The molecular weight excluding hydrogens is 1660 g/mol. The SMILES string of the molecule is c1ccc(-c2cccc3c2oc2cccc(-c4c5ccccc5c(-c5ccc6ccccc6c5)c5ccccc45)c23)cc1.c1ccc2c(-c3c4ccccc4c(-c4ccc(-c5cccc6ccccc56)c5oc6ccccc6c45)c4ccccc34)cccc2c1.c1ccc2c(-c3cc(-c4c5ccccc5c(-c5cccc6ccccc56)c5ccccc45)c4c(c3)oc3ccccc34)cccc2c1. The van der Waals surface area contributed by atoms with Gasteiger partial charge in [0.2, 0.25) is 0 Å². The fourth-order valence-corrected chi connectivity index (χ4v) is 22.7. The molecule has 0 spiro atoms. The summed E-state index contributed by atoms with van der Waals surface area (Å²) >= 11 is 0. The average molecular weight is 1740 g/mol. The Morgan fingerprint density at radius 3 is 0.920 bits per heavy atom. The summed E-state index contributed by atoms with van der Waals surface area (Å²) in [5, 5.41) is 34.2. The Labute approximate surface area is 789 Å². The highest BCUT2D eigenvalue weighted by atomic mass is 16.3. The normalized spacial score (nSPS) is 11.8. The van der Waals surface area contributed by atoms with Crippen LogP contribution in [0.2, 0.25) is 0 Å². The molecule has 0 bridgehead atoms. The molecule has 0 saturated carbocycles. The van der Waals surface area contributed by atoms with Gasteiger partial charge in [0.15, 0.2) is 0 Å². The van der Waals surface area contributed by atoms with Gasteiger partial charge < -0.3 is 13.3 Å². The molecule has 0 unspecified atom stereocenters. The standard InChI is InChI=1S/2C46H28O.C42H26O/c1-3-17-32-29(13-1)15-11-24-34(32)31-27-41(46-40-23-9-10-26-42(40)47-43(46)28-31)45-38-21-7-5-19-36(38)44(37-20-6-8-22-39(37)45)35-25-12-16-30-14-2-4-18-33(30)35;1-3-17-31-29(13-1)15-11-24-33(31)39-27-28-41(45-40-23-9-10-26-42(40)47-46(39)45)44-37-21-7-5-19-35(37)43(36-20-6-8-22-38(36)44)34-25-12-16-30-14-2-4-18-32(30)34;1-2-13-28(14-3-1)31-20-10-22-37-41-36(21-11-23-38(41)43-42(31)37)40-34-18-8-6-16-32(34)39(33-17-7-9-19-35(33)40)30-25-24-27-12-4-5-15-29(27)26-30/h2*1-28H;1-26H. The third kappa shape index (κ3) is 12.9. The predicted octanol–water partition coefficient (Wildman–Crippen LogP) is 38.4. The van der Waals surface area contributed by atoms with Crippen molar-refractivity contribution in [2.45, 2.75) is 0 Å². The number of fused-ring (bicyclic) bond motifs is 20. The largest absolute Gasteiger partial charge is 0.456 e. The third-order valence-electron chi connectivity index (χ3n) is 28.6. The zero-order chi connectivity index (χ0) is 90.1. The minimum absolute atomic E-state index is 0.900. The van der Waals surface area contributed by atoms with Crippen LogP contribution in [0.5, 0.6) is 0 Å². The summed E-state index contributed by atoms with van der Waals surface area (Å²) < 4.78 is 20.1. The van der Waals surface area contributed by atoms with Crippen molar-refractivity contribution < 1.29 is 13.3 Å². The quantitative estimate of drug-likeness (QED) is 0.135. The summed E-state index contributed by atoms with van der Waals surface area (Å²) in [7, 11) is 0. The van der Waals surface area contributed by atoms with E-state index in [-0.39, 0.29) is 0 Å². The summed E-state index contributed by atoms with van der Waals surface area (Å²) in [5.41, 5.74) is 27.2. The van der Waals surface area contributed by atoms with Gasteiger partial charge in [0.05, 0.1) is 0 Å². The molecule has 0 amide bonds. The molecule has 0 radical (unpaired) electrons. The van der Waals surface area contributed by atoms with Crippen molar-refractivity contribution in [3.8, 4) is 100 Å². The molecule has 3 nitrogen and oxygen atoms in total. The van der Waals surface area contributed by atoms with Crippen LogP contribution in [0.4, 0.5) is 0 Å². The molecule has 3 heterocycles. The lowest BCUT2D eigenvalue weighted by Crippen LogP contribution is -1.93. The van der Waals surface area contributed by atoms with Gasteiger partial charge >= 0.3 is 0 Å². The van der Waals surface area contributed by atoms with E-state index in [4.69, 9.17) is 13.3 Å². The number of hydrogen-bond donors (Lipinski definition) is 0. The van der Waals surface area contributed by atoms with Crippen molar-refractivity contribution in [2.75, 3.05) is 0 Å². The molecule has 3 heteroatoms. The van der Waals surface area contributed by atoms with Crippen LogP contribution >= 0.6 is 0 Å². The van der Waals surface area contributed by atoms with Gasteiger partial charge in [-0.2, -0.15) is 0 Å². The molecule has 137 heavy (non-hydrogen) atoms. The molecule has 0 aliphatic carbocycles. The molecule has 0 saturated heterocycles. The number of hydrogen-bond acceptors (Lipinski definition) is 3. The van der Waals surface area contributed by atoms with Crippen LogP contribution in [0.15, 0.2) is 511 Å². The zero-order valence-electron chi connectivity index (χ0n) is 74.6. The maximum Gasteiger partial charge on any atom is 0.143 e. The first-order valence-corrected chi connectivity index (χ1v) is 47.2. The average Bonchev–Trinajstić information content (AvgIpc) is 1.70. The van der Waals surface area contributed by atoms with Crippen molar-refractivity contribution in [3.63, 3.8) is 0 Å². The van der Waals surface area contributed by atoms with Gasteiger partial charge in [-0.05, 0) is 250 Å². The Morgan fingerprint density at radius 1 is 0.109 bits per heavy atom. The van der Waals surface area contributed by atoms with Gasteiger partial charge in [0.1, 0.15) is 33.5 Å². The molecule has 26 aromatic carbocycles. The Kier molecular flexibility index (Phi) is 18.7. The lowest BCUT2D eigenvalue weighted by molar-refractivity contribution is 0.669. The smallest absolute Gasteiger partial charge is 0.143 e. The zero-order valence-corrected chi connectivity index (χ0v) is 74.6. The van der Waals surface area contributed by atoms with Crippen LogP contribution in [-0.4, -0.2) is 0 Å². The Hall–Kier alpha value is -18.0. The molecule has 29 aromatic rings. The van der Waals surface area contributed by atoms with Crippen LogP contribution in [0.25, 0.3) is 284 Å². The van der Waals surface area contributed by atoms with Crippen LogP contribution < -0.4 is 0 Å². The van der Waals surface area contributed by atoms with E-state index >= 15 is 0 Å². The number of para-hydroxylation sites is 3. The van der Waals surface area contributed by atoms with Gasteiger partial charge in [-0.3, -0.25) is 0 Å². The minimum atomic E-state index is 0.900. The van der Waals surface area contributed by atoms with Crippen LogP contribution in [-0.2, 0) is 0 Å². The lowest BCUT2D eigenvalue weighted by Gasteiger charge is -2.20. The van der Waals surface area contributed by atoms with E-state index < -0.39 is 0 Å². The van der Waals surface area contributed by atoms with E-state index in [1.807, 2.05) is 0 Å². The van der Waals surface area contributed by atoms with E-state index in [1.54, 1.807) is 0 Å². The second-order valence-electron chi connectivity index (χ2n) is 36.0. The van der Waals surface area contributed by atoms with Crippen LogP contribution in [0, 0.1) is 0 Å². The first-order chi connectivity index (χ1) is 68.0. The van der Waals surface area contributed by atoms with Gasteiger partial charge in [0, 0.05) is 43.4 Å². The van der Waals surface area contributed by atoms with Gasteiger partial charge in [-0.1, -0.05) is 455 Å². The highest BCUT2D eigenvalue weighted by Gasteiger charge is 2.28. The maximum absolute atomic E-state index is 6.81. The van der Waals surface area contributed by atoms with Crippen LogP contribution in [0.1, 0.15) is 0 Å². The monoisotopic (exact) mass is 1740 g/mol. The fourth-order valence-electron chi connectivity index (χ4n) is 22.7. The second kappa shape index (κ2) is 32.5. The Morgan fingerprint density at radius 2 is 0.416 bits per heavy atom. The second-order valence-corrected chi connectivity index (χ2v) is 36.0. The maximum atomic E-state index is 6.81. The number of furan rings is 3. The van der Waals surface area contributed by atoms with E-state index in [0.717, 1.165) is 88.1 Å². The minimum Gasteiger partial charge on any atom is -0.456 e. The molecule has 0 fully saturated rings. The van der Waals surface area contributed by atoms with E-state index in [9.17, 15) is 0 Å². The number of rotatable bonds is 9. The summed E-state index contributed by atoms with van der Waals surface area (Å²) in [4.78, 5) is 0. The summed E-state index contributed by atoms with van der Waals surface area (Å²) in [6, 6.07) is 180. The lowest BCUT2D eigenvalue weighted by atomic mass is 9.83. The third-order valence-corrected chi connectivity index (χ3v) is 28.6. The Bertz CT molecular complexity index is 9830. The van der Waals surface area contributed by atoms with E-state index in [1.165, 1.54) is 196 Å². The van der Waals surface area contributed by atoms with Gasteiger partial charge in [0.25, 0.3) is 0 Å². The summed E-state index contributed by atoms with van der Waals surface area (Å²) in [6.45, 7) is 0. The Balaban J connectivity index is 0.000000104. The predicted molar refractivity (Wildman–Crippen MR) is 583 cm³/mol. The van der Waals surface area contributed by atoms with Crippen molar-refractivity contribution in [3.05, 3.63) is 497 Å². The first-order valence-electron chi connectivity index (χ1n) is 47.2. The molecule has 0 aliphatic rings. The molecule has 29 rings (SSSR count). The van der Waals surface area contributed by atoms with Crippen molar-refractivity contribution >= 4 is 184 Å². The highest BCUT2D eigenvalue weighted by Crippen LogP contribution is 2.55. The summed E-state index contributed by atoms with van der Waals surface area (Å²) in [5.74, 6) is 0. The van der Waals surface area contributed by atoms with Gasteiger partial charge in [-0.15, -0.1) is 0 Å². The molecule has 636 valence electrons. The van der Waals surface area contributed by atoms with Crippen molar-refractivity contribution in [2.24, 2.45) is 0 Å². The van der Waals surface area contributed by atoms with E-state index in [0.29, 0.717) is 0 Å². The molecule has 0 atom stereocenters.